The van der Waals surface area contributed by atoms with Gasteiger partial charge in [0.05, 0.1) is 5.60 Å². The lowest BCUT2D eigenvalue weighted by Crippen LogP contribution is -2.42. The second-order valence-electron chi connectivity index (χ2n) is 7.72. The Labute approximate surface area is 157 Å². The van der Waals surface area contributed by atoms with Gasteiger partial charge in [-0.25, -0.2) is 0 Å². The molecule has 0 aliphatic heterocycles. The van der Waals surface area contributed by atoms with Crippen LogP contribution in [-0.4, -0.2) is 28.0 Å². The van der Waals surface area contributed by atoms with Crippen molar-refractivity contribution in [2.75, 3.05) is 0 Å². The molecule has 0 bridgehead atoms. The summed E-state index contributed by atoms with van der Waals surface area (Å²) in [7, 11) is 0. The zero-order valence-corrected chi connectivity index (χ0v) is 16.7. The lowest BCUT2D eigenvalue weighted by Gasteiger charge is -2.35. The maximum absolute atomic E-state index is 13.3. The highest BCUT2D eigenvalue weighted by Gasteiger charge is 2.34. The number of hydrogen-bond acceptors (Lipinski definition) is 2. The van der Waals surface area contributed by atoms with Gasteiger partial charge in [0, 0.05) is 23.6 Å². The Morgan fingerprint density at radius 1 is 0.885 bits per heavy atom. The predicted octanol–water partition coefficient (Wildman–Crippen LogP) is 4.96. The van der Waals surface area contributed by atoms with Crippen molar-refractivity contribution in [2.24, 2.45) is 0 Å². The third-order valence-electron chi connectivity index (χ3n) is 5.21. The Morgan fingerprint density at radius 2 is 1.38 bits per heavy atom. The molecule has 140 valence electrons. The van der Waals surface area contributed by atoms with Gasteiger partial charge in [0.2, 0.25) is 0 Å². The SMILES string of the molecule is CC(C)N(C(=O)c1ccccc1[C@H](C)[C@@](C)(O)c1ccccc1)C(C)C. The molecule has 0 unspecified atom stereocenters. The molecule has 0 saturated heterocycles. The van der Waals surface area contributed by atoms with Gasteiger partial charge in [-0.2, -0.15) is 0 Å². The molecule has 0 spiro atoms. The van der Waals surface area contributed by atoms with Gasteiger partial charge in [0.25, 0.3) is 5.91 Å². The Balaban J connectivity index is 2.47. The average molecular weight is 354 g/mol. The van der Waals surface area contributed by atoms with E-state index in [1.54, 1.807) is 0 Å². The minimum absolute atomic E-state index is 0.0151. The summed E-state index contributed by atoms with van der Waals surface area (Å²) < 4.78 is 0. The summed E-state index contributed by atoms with van der Waals surface area (Å²) in [5.41, 5.74) is 1.31. The molecule has 3 heteroatoms. The topological polar surface area (TPSA) is 40.5 Å². The van der Waals surface area contributed by atoms with Crippen molar-refractivity contribution in [3.8, 4) is 0 Å². The molecule has 0 saturated carbocycles. The molecule has 1 N–H and O–H groups in total. The van der Waals surface area contributed by atoms with Crippen LogP contribution in [0.3, 0.4) is 0 Å². The lowest BCUT2D eigenvalue weighted by molar-refractivity contribution is 0.0317. The first-order valence-electron chi connectivity index (χ1n) is 9.37. The summed E-state index contributed by atoms with van der Waals surface area (Å²) >= 11 is 0. The van der Waals surface area contributed by atoms with Crippen LogP contribution in [0.2, 0.25) is 0 Å². The molecule has 2 aromatic carbocycles. The van der Waals surface area contributed by atoms with Crippen LogP contribution in [0.1, 0.15) is 68.9 Å². The van der Waals surface area contributed by atoms with E-state index < -0.39 is 5.60 Å². The molecular formula is C23H31NO2. The Hall–Kier alpha value is -2.13. The number of aliphatic hydroxyl groups is 1. The van der Waals surface area contributed by atoms with Crippen molar-refractivity contribution >= 4 is 5.91 Å². The Bertz CT molecular complexity index is 727. The van der Waals surface area contributed by atoms with Crippen LogP contribution in [0.15, 0.2) is 54.6 Å². The number of hydrogen-bond donors (Lipinski definition) is 1. The van der Waals surface area contributed by atoms with Crippen molar-refractivity contribution in [1.82, 2.24) is 4.90 Å². The van der Waals surface area contributed by atoms with E-state index >= 15 is 0 Å². The van der Waals surface area contributed by atoms with E-state index in [0.29, 0.717) is 5.56 Å². The summed E-state index contributed by atoms with van der Waals surface area (Å²) in [6.45, 7) is 11.9. The van der Waals surface area contributed by atoms with E-state index in [4.69, 9.17) is 0 Å². The van der Waals surface area contributed by atoms with E-state index in [1.807, 2.05) is 101 Å². The molecule has 2 rings (SSSR count). The highest BCUT2D eigenvalue weighted by atomic mass is 16.3. The molecule has 0 radical (unpaired) electrons. The van der Waals surface area contributed by atoms with Gasteiger partial charge in [0.15, 0.2) is 0 Å². The molecule has 0 aromatic heterocycles. The minimum atomic E-state index is -1.07. The molecule has 0 heterocycles. The van der Waals surface area contributed by atoms with Crippen LogP contribution in [0, 0.1) is 0 Å². The normalized spacial score (nSPS) is 15.0. The van der Waals surface area contributed by atoms with E-state index in [2.05, 4.69) is 0 Å². The van der Waals surface area contributed by atoms with Crippen molar-refractivity contribution < 1.29 is 9.90 Å². The van der Waals surface area contributed by atoms with E-state index in [-0.39, 0.29) is 23.9 Å². The van der Waals surface area contributed by atoms with Gasteiger partial charge in [-0.1, -0.05) is 55.5 Å². The standard InChI is InChI=1S/C23H31NO2/c1-16(2)24(17(3)4)22(25)21-15-11-10-14-20(21)18(5)23(6,26)19-12-8-7-9-13-19/h7-18,26H,1-6H3/t18-,23+/m0/s1. The van der Waals surface area contributed by atoms with Crippen LogP contribution < -0.4 is 0 Å². The first kappa shape index (κ1) is 20.2. The van der Waals surface area contributed by atoms with Gasteiger partial charge >= 0.3 is 0 Å². The highest BCUT2D eigenvalue weighted by molar-refractivity contribution is 5.96. The van der Waals surface area contributed by atoms with E-state index in [9.17, 15) is 9.90 Å². The number of nitrogens with zero attached hydrogens (tertiary/aromatic N) is 1. The summed E-state index contributed by atoms with van der Waals surface area (Å²) in [6.07, 6.45) is 0. The predicted molar refractivity (Wildman–Crippen MR) is 107 cm³/mol. The minimum Gasteiger partial charge on any atom is -0.385 e. The molecule has 0 aliphatic rings. The molecule has 1 amide bonds. The fraction of sp³-hybridized carbons (Fsp3) is 0.435. The van der Waals surface area contributed by atoms with Crippen molar-refractivity contribution in [1.29, 1.82) is 0 Å². The van der Waals surface area contributed by atoms with Crippen molar-refractivity contribution in [3.63, 3.8) is 0 Å². The van der Waals surface area contributed by atoms with Gasteiger partial charge in [0.1, 0.15) is 0 Å². The average Bonchev–Trinajstić information content (AvgIpc) is 2.61. The number of carbonyl (C=O) groups is 1. The molecule has 2 aromatic rings. The molecule has 3 nitrogen and oxygen atoms in total. The summed E-state index contributed by atoms with van der Waals surface area (Å²) in [5, 5.41) is 11.2. The summed E-state index contributed by atoms with van der Waals surface area (Å²) in [5.74, 6) is -0.215. The first-order chi connectivity index (χ1) is 12.2. The van der Waals surface area contributed by atoms with E-state index in [0.717, 1.165) is 11.1 Å². The van der Waals surface area contributed by atoms with Gasteiger partial charge in [-0.3, -0.25) is 4.79 Å². The molecule has 0 aliphatic carbocycles. The maximum Gasteiger partial charge on any atom is 0.254 e. The third-order valence-corrected chi connectivity index (χ3v) is 5.21. The Kier molecular flexibility index (Phi) is 6.25. The highest BCUT2D eigenvalue weighted by Crippen LogP contribution is 2.38. The fourth-order valence-corrected chi connectivity index (χ4v) is 3.60. The fourth-order valence-electron chi connectivity index (χ4n) is 3.60. The van der Waals surface area contributed by atoms with Gasteiger partial charge in [-0.15, -0.1) is 0 Å². The second-order valence-corrected chi connectivity index (χ2v) is 7.72. The van der Waals surface area contributed by atoms with Crippen LogP contribution in [0.25, 0.3) is 0 Å². The number of amides is 1. The molecule has 0 fully saturated rings. The number of benzene rings is 2. The van der Waals surface area contributed by atoms with Gasteiger partial charge in [-0.05, 0) is 51.8 Å². The first-order valence-corrected chi connectivity index (χ1v) is 9.37. The smallest absolute Gasteiger partial charge is 0.254 e. The molecular weight excluding hydrogens is 322 g/mol. The van der Waals surface area contributed by atoms with Crippen LogP contribution in [0.4, 0.5) is 0 Å². The van der Waals surface area contributed by atoms with Crippen LogP contribution in [0.5, 0.6) is 0 Å². The third kappa shape index (κ3) is 3.99. The van der Waals surface area contributed by atoms with Gasteiger partial charge < -0.3 is 10.0 Å². The second kappa shape index (κ2) is 8.05. The largest absolute Gasteiger partial charge is 0.385 e. The Morgan fingerprint density at radius 3 is 1.92 bits per heavy atom. The van der Waals surface area contributed by atoms with Crippen molar-refractivity contribution in [3.05, 3.63) is 71.3 Å². The van der Waals surface area contributed by atoms with Crippen LogP contribution in [-0.2, 0) is 5.60 Å². The number of carbonyl (C=O) groups excluding carboxylic acids is 1. The maximum atomic E-state index is 13.3. The van der Waals surface area contributed by atoms with Crippen molar-refractivity contribution in [2.45, 2.75) is 65.1 Å². The summed E-state index contributed by atoms with van der Waals surface area (Å²) in [6, 6.07) is 17.5. The zero-order chi connectivity index (χ0) is 19.5. The quantitative estimate of drug-likeness (QED) is 0.797. The number of rotatable bonds is 6. The molecule has 26 heavy (non-hydrogen) atoms. The zero-order valence-electron chi connectivity index (χ0n) is 16.7. The summed E-state index contributed by atoms with van der Waals surface area (Å²) in [4.78, 5) is 15.2. The van der Waals surface area contributed by atoms with Crippen LogP contribution >= 0.6 is 0 Å². The molecule has 2 atom stereocenters. The van der Waals surface area contributed by atoms with E-state index in [1.165, 1.54) is 0 Å². The lowest BCUT2D eigenvalue weighted by atomic mass is 9.78. The monoisotopic (exact) mass is 353 g/mol.